The lowest BCUT2D eigenvalue weighted by Crippen LogP contribution is -2.46. The highest BCUT2D eigenvalue weighted by Crippen LogP contribution is 2.29. The van der Waals surface area contributed by atoms with E-state index in [-0.39, 0.29) is 17.7 Å². The van der Waals surface area contributed by atoms with E-state index in [0.29, 0.717) is 38.5 Å². The minimum atomic E-state index is -0.244. The van der Waals surface area contributed by atoms with Crippen LogP contribution in [0.1, 0.15) is 31.2 Å². The third kappa shape index (κ3) is 4.72. The van der Waals surface area contributed by atoms with Gasteiger partial charge in [0.15, 0.2) is 0 Å². The van der Waals surface area contributed by atoms with Gasteiger partial charge in [0.2, 0.25) is 11.8 Å². The highest BCUT2D eigenvalue weighted by Gasteiger charge is 2.32. The molecule has 1 saturated heterocycles. The summed E-state index contributed by atoms with van der Waals surface area (Å²) in [5.74, 6) is 0.674. The van der Waals surface area contributed by atoms with Crippen molar-refractivity contribution in [3.05, 3.63) is 29.8 Å². The van der Waals surface area contributed by atoms with Gasteiger partial charge in [0, 0.05) is 31.6 Å². The zero-order valence-electron chi connectivity index (χ0n) is 14.8. The smallest absolute Gasteiger partial charge is 0.236 e. The molecule has 6 nitrogen and oxygen atoms in total. The minimum absolute atomic E-state index is 0.0807. The average molecular weight is 345 g/mol. The molecular weight excluding hydrogens is 318 g/mol. The molecule has 2 N–H and O–H groups in total. The lowest BCUT2D eigenvalue weighted by atomic mass is 9.96. The van der Waals surface area contributed by atoms with Gasteiger partial charge in [-0.05, 0) is 43.4 Å². The number of carbonyl (C=O) groups excluding carboxylic acids is 2. The molecule has 0 bridgehead atoms. The van der Waals surface area contributed by atoms with E-state index < -0.39 is 0 Å². The molecule has 2 aliphatic rings. The second-order valence-electron chi connectivity index (χ2n) is 7.04. The van der Waals surface area contributed by atoms with Crippen molar-refractivity contribution in [2.45, 2.75) is 38.3 Å². The summed E-state index contributed by atoms with van der Waals surface area (Å²) in [7, 11) is 1.66. The summed E-state index contributed by atoms with van der Waals surface area (Å²) in [6, 6.07) is 8.52. The van der Waals surface area contributed by atoms with Crippen LogP contribution in [0.5, 0.6) is 5.75 Å². The topological polar surface area (TPSA) is 75.9 Å². The van der Waals surface area contributed by atoms with Gasteiger partial charge in [0.05, 0.1) is 13.7 Å². The van der Waals surface area contributed by atoms with Crippen LogP contribution in [-0.2, 0) is 16.1 Å². The molecule has 2 fully saturated rings. The molecule has 1 aliphatic carbocycles. The molecule has 1 aromatic carbocycles. The standard InChI is InChI=1S/C19H27N3O3/c1-25-17-6-2-14(3-7-17)12-22(16-4-5-16)13-18(23)21-10-8-15(9-11-21)19(20)24/h2-3,6-7,15-16H,4-5,8-13H2,1H3,(H2,20,24). The Balaban J connectivity index is 1.54. The summed E-state index contributed by atoms with van der Waals surface area (Å²) in [6.07, 6.45) is 3.69. The molecule has 2 amide bonds. The van der Waals surface area contributed by atoms with Gasteiger partial charge in [0.25, 0.3) is 0 Å². The summed E-state index contributed by atoms with van der Waals surface area (Å²) in [4.78, 5) is 28.1. The molecule has 1 heterocycles. The number of likely N-dealkylation sites (tertiary alicyclic amines) is 1. The zero-order valence-corrected chi connectivity index (χ0v) is 14.8. The molecule has 0 unspecified atom stereocenters. The number of hydrogen-bond donors (Lipinski definition) is 1. The van der Waals surface area contributed by atoms with Gasteiger partial charge < -0.3 is 15.4 Å². The van der Waals surface area contributed by atoms with Crippen LogP contribution in [-0.4, -0.2) is 54.4 Å². The van der Waals surface area contributed by atoms with E-state index in [1.165, 1.54) is 5.56 Å². The number of benzene rings is 1. The Morgan fingerprint density at radius 3 is 2.32 bits per heavy atom. The summed E-state index contributed by atoms with van der Waals surface area (Å²) < 4.78 is 5.20. The SMILES string of the molecule is COc1ccc(CN(CC(=O)N2CCC(C(N)=O)CC2)C2CC2)cc1. The molecular formula is C19H27N3O3. The van der Waals surface area contributed by atoms with Crippen molar-refractivity contribution in [1.29, 1.82) is 0 Å². The fourth-order valence-corrected chi connectivity index (χ4v) is 3.41. The number of carbonyl (C=O) groups is 2. The monoisotopic (exact) mass is 345 g/mol. The predicted octanol–water partition coefficient (Wildman–Crippen LogP) is 1.38. The van der Waals surface area contributed by atoms with E-state index in [9.17, 15) is 9.59 Å². The van der Waals surface area contributed by atoms with Gasteiger partial charge in [-0.2, -0.15) is 0 Å². The number of rotatable bonds is 7. The highest BCUT2D eigenvalue weighted by molar-refractivity contribution is 5.80. The summed E-state index contributed by atoms with van der Waals surface area (Å²) in [6.45, 7) is 2.48. The Morgan fingerprint density at radius 2 is 1.80 bits per heavy atom. The number of nitrogens with zero attached hydrogens (tertiary/aromatic N) is 2. The number of methoxy groups -OCH3 is 1. The van der Waals surface area contributed by atoms with Crippen LogP contribution in [0.4, 0.5) is 0 Å². The highest BCUT2D eigenvalue weighted by atomic mass is 16.5. The Kier molecular flexibility index (Phi) is 5.58. The predicted molar refractivity (Wildman–Crippen MR) is 94.9 cm³/mol. The number of hydrogen-bond acceptors (Lipinski definition) is 4. The van der Waals surface area contributed by atoms with E-state index in [1.807, 2.05) is 17.0 Å². The summed E-state index contributed by atoms with van der Waals surface area (Å²) >= 11 is 0. The van der Waals surface area contributed by atoms with Crippen molar-refractivity contribution >= 4 is 11.8 Å². The van der Waals surface area contributed by atoms with Crippen LogP contribution in [0.3, 0.4) is 0 Å². The van der Waals surface area contributed by atoms with Crippen molar-refractivity contribution < 1.29 is 14.3 Å². The van der Waals surface area contributed by atoms with Crippen LogP contribution in [0.25, 0.3) is 0 Å². The molecule has 3 rings (SSSR count). The molecule has 6 heteroatoms. The molecule has 25 heavy (non-hydrogen) atoms. The largest absolute Gasteiger partial charge is 0.497 e. The second kappa shape index (κ2) is 7.87. The van der Waals surface area contributed by atoms with Gasteiger partial charge >= 0.3 is 0 Å². The maximum Gasteiger partial charge on any atom is 0.236 e. The van der Waals surface area contributed by atoms with Gasteiger partial charge in [-0.1, -0.05) is 12.1 Å². The molecule has 1 aliphatic heterocycles. The normalized spacial score (nSPS) is 18.4. The third-order valence-corrected chi connectivity index (χ3v) is 5.20. The Labute approximate surface area is 148 Å². The van der Waals surface area contributed by atoms with Crippen LogP contribution in [0.2, 0.25) is 0 Å². The number of ether oxygens (including phenoxy) is 1. The van der Waals surface area contributed by atoms with E-state index in [4.69, 9.17) is 10.5 Å². The van der Waals surface area contributed by atoms with Gasteiger partial charge in [-0.15, -0.1) is 0 Å². The van der Waals surface area contributed by atoms with E-state index in [1.54, 1.807) is 7.11 Å². The summed E-state index contributed by atoms with van der Waals surface area (Å²) in [5, 5.41) is 0. The fourth-order valence-electron chi connectivity index (χ4n) is 3.41. The minimum Gasteiger partial charge on any atom is -0.497 e. The molecule has 0 atom stereocenters. The number of primary amides is 1. The molecule has 0 spiro atoms. The Bertz CT molecular complexity index is 605. The second-order valence-corrected chi connectivity index (χ2v) is 7.04. The van der Waals surface area contributed by atoms with Crippen molar-refractivity contribution in [2.24, 2.45) is 11.7 Å². The molecule has 1 saturated carbocycles. The van der Waals surface area contributed by atoms with Crippen molar-refractivity contribution in [2.75, 3.05) is 26.7 Å². The van der Waals surface area contributed by atoms with Crippen molar-refractivity contribution in [1.82, 2.24) is 9.80 Å². The van der Waals surface area contributed by atoms with Crippen LogP contribution >= 0.6 is 0 Å². The van der Waals surface area contributed by atoms with E-state index >= 15 is 0 Å². The Hall–Kier alpha value is -2.08. The third-order valence-electron chi connectivity index (χ3n) is 5.20. The number of nitrogens with two attached hydrogens (primary N) is 1. The van der Waals surface area contributed by atoms with Crippen LogP contribution in [0, 0.1) is 5.92 Å². The summed E-state index contributed by atoms with van der Waals surface area (Å²) in [5.41, 5.74) is 6.55. The van der Waals surface area contributed by atoms with Crippen LogP contribution < -0.4 is 10.5 Å². The lowest BCUT2D eigenvalue weighted by Gasteiger charge is -2.32. The zero-order chi connectivity index (χ0) is 17.8. The first-order valence-electron chi connectivity index (χ1n) is 9.01. The average Bonchev–Trinajstić information content (AvgIpc) is 3.47. The van der Waals surface area contributed by atoms with Gasteiger partial charge in [-0.3, -0.25) is 14.5 Å². The fraction of sp³-hybridized carbons (Fsp3) is 0.579. The number of amides is 2. The number of piperidine rings is 1. The Morgan fingerprint density at radius 1 is 1.16 bits per heavy atom. The molecule has 0 radical (unpaired) electrons. The first-order chi connectivity index (χ1) is 12.1. The first-order valence-corrected chi connectivity index (χ1v) is 9.01. The molecule has 1 aromatic rings. The molecule has 0 aromatic heterocycles. The maximum absolute atomic E-state index is 12.7. The van der Waals surface area contributed by atoms with E-state index in [2.05, 4.69) is 17.0 Å². The first kappa shape index (κ1) is 17.7. The quantitative estimate of drug-likeness (QED) is 0.810. The van der Waals surface area contributed by atoms with Gasteiger partial charge in [-0.25, -0.2) is 0 Å². The van der Waals surface area contributed by atoms with Gasteiger partial charge in [0.1, 0.15) is 5.75 Å². The maximum atomic E-state index is 12.7. The van der Waals surface area contributed by atoms with Crippen molar-refractivity contribution in [3.8, 4) is 5.75 Å². The van der Waals surface area contributed by atoms with Crippen LogP contribution in [0.15, 0.2) is 24.3 Å². The lowest BCUT2D eigenvalue weighted by molar-refractivity contribution is -0.136. The van der Waals surface area contributed by atoms with E-state index in [0.717, 1.165) is 25.1 Å². The van der Waals surface area contributed by atoms with Crippen molar-refractivity contribution in [3.63, 3.8) is 0 Å². The molecule has 136 valence electrons.